The van der Waals surface area contributed by atoms with Gasteiger partial charge in [-0.2, -0.15) is 5.10 Å². The van der Waals surface area contributed by atoms with Crippen LogP contribution >= 0.6 is 0 Å². The fourth-order valence-corrected chi connectivity index (χ4v) is 1.08. The van der Waals surface area contributed by atoms with Crippen LogP contribution in [0.1, 0.15) is 26.8 Å². The summed E-state index contributed by atoms with van der Waals surface area (Å²) in [5, 5.41) is 13.0. The molecule has 0 fully saturated rings. The van der Waals surface area contributed by atoms with Crippen LogP contribution in [0.3, 0.4) is 0 Å². The highest BCUT2D eigenvalue weighted by Crippen LogP contribution is 1.97. The zero-order valence-electron chi connectivity index (χ0n) is 8.14. The summed E-state index contributed by atoms with van der Waals surface area (Å²) < 4.78 is 2.80. The lowest BCUT2D eigenvalue weighted by Gasteiger charge is -2.04. The molecule has 1 aromatic heterocycles. The fraction of sp³-hybridized carbons (Fsp3) is 0.750. The van der Waals surface area contributed by atoms with Crippen molar-refractivity contribution >= 4 is 0 Å². The number of hydrogen-bond donors (Lipinski definition) is 1. The van der Waals surface area contributed by atoms with Gasteiger partial charge in [0.15, 0.2) is 0 Å². The van der Waals surface area contributed by atoms with E-state index in [1.165, 1.54) is 15.6 Å². The average Bonchev–Trinajstić information content (AvgIpc) is 2.32. The average molecular weight is 185 g/mol. The van der Waals surface area contributed by atoms with Crippen LogP contribution in [0.25, 0.3) is 0 Å². The van der Waals surface area contributed by atoms with Crippen molar-refractivity contribution < 1.29 is 5.11 Å². The Hall–Kier alpha value is -1.10. The van der Waals surface area contributed by atoms with Crippen LogP contribution < -0.4 is 5.69 Å². The number of aliphatic hydroxyl groups is 1. The number of hydrogen-bond acceptors (Lipinski definition) is 3. The number of rotatable bonds is 3. The number of aromatic nitrogens is 3. The smallest absolute Gasteiger partial charge is 0.346 e. The summed E-state index contributed by atoms with van der Waals surface area (Å²) in [7, 11) is 0. The summed E-state index contributed by atoms with van der Waals surface area (Å²) in [4.78, 5) is 11.5. The molecule has 1 rings (SSSR count). The Morgan fingerprint density at radius 1 is 1.54 bits per heavy atom. The lowest BCUT2D eigenvalue weighted by Crippen LogP contribution is -2.29. The molecule has 0 unspecified atom stereocenters. The molecule has 0 spiro atoms. The Balaban J connectivity index is 2.94. The fourth-order valence-electron chi connectivity index (χ4n) is 1.08. The van der Waals surface area contributed by atoms with Gasteiger partial charge in [-0.25, -0.2) is 9.48 Å². The van der Waals surface area contributed by atoms with E-state index < -0.39 is 6.10 Å². The molecule has 0 aliphatic carbocycles. The van der Waals surface area contributed by atoms with Crippen molar-refractivity contribution in [3.63, 3.8) is 0 Å². The van der Waals surface area contributed by atoms with Gasteiger partial charge in [0, 0.05) is 6.04 Å². The molecular formula is C8H15N3O2. The zero-order chi connectivity index (χ0) is 10.0. The first kappa shape index (κ1) is 9.98. The molecular weight excluding hydrogens is 170 g/mol. The molecule has 0 radical (unpaired) electrons. The molecule has 1 atom stereocenters. The highest BCUT2D eigenvalue weighted by atomic mass is 16.3. The van der Waals surface area contributed by atoms with Crippen molar-refractivity contribution in [1.29, 1.82) is 0 Å². The minimum atomic E-state index is -0.548. The molecule has 74 valence electrons. The molecule has 1 N–H and O–H groups in total. The van der Waals surface area contributed by atoms with E-state index >= 15 is 0 Å². The van der Waals surface area contributed by atoms with Crippen molar-refractivity contribution in [2.24, 2.45) is 0 Å². The SMILES string of the molecule is CC(C)n1cnn(C[C@H](C)O)c1=O. The zero-order valence-corrected chi connectivity index (χ0v) is 8.14. The lowest BCUT2D eigenvalue weighted by atomic mass is 10.4. The predicted molar refractivity (Wildman–Crippen MR) is 48.6 cm³/mol. The molecule has 0 saturated heterocycles. The second kappa shape index (κ2) is 3.74. The summed E-state index contributed by atoms with van der Waals surface area (Å²) in [6, 6.07) is 0.107. The first-order valence-electron chi connectivity index (χ1n) is 4.34. The molecule has 5 heteroatoms. The van der Waals surface area contributed by atoms with E-state index in [0.29, 0.717) is 0 Å². The third kappa shape index (κ3) is 2.18. The summed E-state index contributed by atoms with van der Waals surface area (Å²) >= 11 is 0. The van der Waals surface area contributed by atoms with E-state index in [2.05, 4.69) is 5.10 Å². The minimum absolute atomic E-state index is 0.107. The molecule has 0 saturated carbocycles. The first-order valence-corrected chi connectivity index (χ1v) is 4.34. The molecule has 0 aliphatic rings. The van der Waals surface area contributed by atoms with E-state index in [-0.39, 0.29) is 18.3 Å². The lowest BCUT2D eigenvalue weighted by molar-refractivity contribution is 0.166. The van der Waals surface area contributed by atoms with Crippen LogP contribution in [0.5, 0.6) is 0 Å². The van der Waals surface area contributed by atoms with Crippen LogP contribution in [-0.4, -0.2) is 25.6 Å². The quantitative estimate of drug-likeness (QED) is 0.721. The van der Waals surface area contributed by atoms with E-state index in [1.54, 1.807) is 6.92 Å². The topological polar surface area (TPSA) is 60.1 Å². The van der Waals surface area contributed by atoms with Gasteiger partial charge in [0.05, 0.1) is 12.6 Å². The molecule has 1 heterocycles. The molecule has 0 bridgehead atoms. The van der Waals surface area contributed by atoms with Gasteiger partial charge >= 0.3 is 5.69 Å². The molecule has 5 nitrogen and oxygen atoms in total. The van der Waals surface area contributed by atoms with Crippen LogP contribution in [0.15, 0.2) is 11.1 Å². The monoisotopic (exact) mass is 185 g/mol. The van der Waals surface area contributed by atoms with E-state index in [9.17, 15) is 4.79 Å². The highest BCUT2D eigenvalue weighted by Gasteiger charge is 2.08. The van der Waals surface area contributed by atoms with Crippen LogP contribution in [-0.2, 0) is 6.54 Å². The Labute approximate surface area is 76.6 Å². The van der Waals surface area contributed by atoms with Crippen LogP contribution in [0, 0.1) is 0 Å². The molecule has 0 aliphatic heterocycles. The highest BCUT2D eigenvalue weighted by molar-refractivity contribution is 4.72. The largest absolute Gasteiger partial charge is 0.391 e. The Bertz CT molecular complexity index is 324. The van der Waals surface area contributed by atoms with E-state index in [0.717, 1.165) is 0 Å². The maximum atomic E-state index is 11.5. The third-order valence-corrected chi connectivity index (χ3v) is 1.75. The maximum Gasteiger partial charge on any atom is 0.346 e. The minimum Gasteiger partial charge on any atom is -0.391 e. The first-order chi connectivity index (χ1) is 6.02. The van der Waals surface area contributed by atoms with Gasteiger partial charge in [-0.15, -0.1) is 0 Å². The molecule has 13 heavy (non-hydrogen) atoms. The Morgan fingerprint density at radius 2 is 2.15 bits per heavy atom. The number of aliphatic hydroxyl groups excluding tert-OH is 1. The van der Waals surface area contributed by atoms with Crippen molar-refractivity contribution in [3.8, 4) is 0 Å². The van der Waals surface area contributed by atoms with E-state index in [4.69, 9.17) is 5.11 Å². The van der Waals surface area contributed by atoms with Crippen molar-refractivity contribution in [1.82, 2.24) is 14.3 Å². The number of nitrogens with zero attached hydrogens (tertiary/aromatic N) is 3. The summed E-state index contributed by atoms with van der Waals surface area (Å²) in [5.41, 5.74) is -0.170. The van der Waals surface area contributed by atoms with E-state index in [1.807, 2.05) is 13.8 Å². The standard InChI is InChI=1S/C8H15N3O2/c1-6(2)10-5-9-11(8(10)13)4-7(3)12/h5-7,12H,4H2,1-3H3/t7-/m0/s1. The van der Waals surface area contributed by atoms with Crippen molar-refractivity contribution in [2.45, 2.75) is 39.5 Å². The van der Waals surface area contributed by atoms with Gasteiger partial charge in [0.25, 0.3) is 0 Å². The molecule has 0 amide bonds. The van der Waals surface area contributed by atoms with Gasteiger partial charge < -0.3 is 5.11 Å². The second-order valence-electron chi connectivity index (χ2n) is 3.45. The van der Waals surface area contributed by atoms with Crippen LogP contribution in [0.2, 0.25) is 0 Å². The third-order valence-electron chi connectivity index (χ3n) is 1.75. The molecule has 1 aromatic rings. The van der Waals surface area contributed by atoms with Crippen molar-refractivity contribution in [3.05, 3.63) is 16.8 Å². The van der Waals surface area contributed by atoms with Gasteiger partial charge in [0.2, 0.25) is 0 Å². The maximum absolute atomic E-state index is 11.5. The van der Waals surface area contributed by atoms with Gasteiger partial charge in [-0.3, -0.25) is 4.57 Å². The summed E-state index contributed by atoms with van der Waals surface area (Å²) in [5.74, 6) is 0. The van der Waals surface area contributed by atoms with Gasteiger partial charge in [-0.1, -0.05) is 0 Å². The van der Waals surface area contributed by atoms with Crippen molar-refractivity contribution in [2.75, 3.05) is 0 Å². The second-order valence-corrected chi connectivity index (χ2v) is 3.45. The Morgan fingerprint density at radius 3 is 2.54 bits per heavy atom. The summed E-state index contributed by atoms with van der Waals surface area (Å²) in [6.45, 7) is 5.70. The normalized spacial score (nSPS) is 13.6. The molecule has 0 aromatic carbocycles. The van der Waals surface area contributed by atoms with Crippen LogP contribution in [0.4, 0.5) is 0 Å². The van der Waals surface area contributed by atoms with Gasteiger partial charge in [-0.05, 0) is 20.8 Å². The Kier molecular flexibility index (Phi) is 2.87. The summed E-state index contributed by atoms with van der Waals surface area (Å²) in [6.07, 6.45) is 0.947. The van der Waals surface area contributed by atoms with Gasteiger partial charge in [0.1, 0.15) is 6.33 Å². The predicted octanol–water partition coefficient (Wildman–Crippen LogP) is 0.00650.